The van der Waals surface area contributed by atoms with Gasteiger partial charge in [-0.2, -0.15) is 5.26 Å². The van der Waals surface area contributed by atoms with Gasteiger partial charge in [0, 0.05) is 32.3 Å². The van der Waals surface area contributed by atoms with Gasteiger partial charge in [-0.3, -0.25) is 19.1 Å². The Kier molecular flexibility index (Phi) is 7.92. The van der Waals surface area contributed by atoms with E-state index in [2.05, 4.69) is 11.0 Å². The van der Waals surface area contributed by atoms with Crippen LogP contribution in [0.25, 0.3) is 6.08 Å². The Morgan fingerprint density at radius 2 is 1.90 bits per heavy atom. The van der Waals surface area contributed by atoms with E-state index in [4.69, 9.17) is 17.0 Å². The quantitative estimate of drug-likeness (QED) is 0.476. The fraction of sp³-hybridized carbons (Fsp3) is 0.545. The summed E-state index contributed by atoms with van der Waals surface area (Å²) in [6.07, 6.45) is 6.24. The molecule has 2 aliphatic heterocycles. The number of hydrogen-bond acceptors (Lipinski definition) is 7. The number of ether oxygens (including phenoxy) is 1. The van der Waals surface area contributed by atoms with Crippen molar-refractivity contribution < 1.29 is 9.53 Å². The van der Waals surface area contributed by atoms with Crippen LogP contribution in [0.3, 0.4) is 0 Å². The van der Waals surface area contributed by atoms with Crippen LogP contribution in [0.15, 0.2) is 9.70 Å². The number of carbonyl (C=O) groups excluding carboxylic acids is 1. The van der Waals surface area contributed by atoms with Gasteiger partial charge in [-0.15, -0.1) is 0 Å². The molecule has 31 heavy (non-hydrogen) atoms. The van der Waals surface area contributed by atoms with Crippen LogP contribution in [0.5, 0.6) is 0 Å². The lowest BCUT2D eigenvalue weighted by Crippen LogP contribution is -2.35. The monoisotopic (exact) mass is 460 g/mol. The average Bonchev–Trinajstić information content (AvgIpc) is 2.93. The van der Waals surface area contributed by atoms with Crippen molar-refractivity contribution in [2.24, 2.45) is 0 Å². The fourth-order valence-corrected chi connectivity index (χ4v) is 5.36. The molecule has 1 amide bonds. The number of nitriles is 1. The van der Waals surface area contributed by atoms with Gasteiger partial charge in [0.15, 0.2) is 0 Å². The summed E-state index contributed by atoms with van der Waals surface area (Å²) in [5.74, 6) is 0.633. The molecular formula is C22H28N4O3S2. The predicted octanol–water partition coefficient (Wildman–Crippen LogP) is 3.28. The van der Waals surface area contributed by atoms with Crippen LogP contribution in [-0.2, 0) is 16.1 Å². The van der Waals surface area contributed by atoms with Crippen LogP contribution in [0, 0.1) is 18.3 Å². The van der Waals surface area contributed by atoms with Crippen molar-refractivity contribution in [3.05, 3.63) is 31.9 Å². The second kappa shape index (κ2) is 10.4. The molecule has 2 fully saturated rings. The Hall–Kier alpha value is -2.15. The minimum absolute atomic E-state index is 0.126. The first-order valence-corrected chi connectivity index (χ1v) is 11.8. The second-order valence-corrected chi connectivity index (χ2v) is 9.30. The largest absolute Gasteiger partial charge is 0.383 e. The van der Waals surface area contributed by atoms with E-state index >= 15 is 0 Å². The van der Waals surface area contributed by atoms with Crippen LogP contribution < -0.4 is 10.5 Å². The first kappa shape index (κ1) is 23.5. The molecule has 0 atom stereocenters. The van der Waals surface area contributed by atoms with E-state index in [1.807, 2.05) is 13.0 Å². The zero-order valence-electron chi connectivity index (χ0n) is 18.3. The number of thioether (sulfide) groups is 1. The van der Waals surface area contributed by atoms with Gasteiger partial charge in [0.1, 0.15) is 21.8 Å². The number of aromatic nitrogens is 1. The van der Waals surface area contributed by atoms with E-state index in [1.54, 1.807) is 18.6 Å². The summed E-state index contributed by atoms with van der Waals surface area (Å²) in [4.78, 5) is 30.3. The maximum Gasteiger partial charge on any atom is 0.270 e. The Morgan fingerprint density at radius 3 is 2.48 bits per heavy atom. The van der Waals surface area contributed by atoms with Gasteiger partial charge in [-0.25, -0.2) is 0 Å². The number of hydrogen-bond donors (Lipinski definition) is 0. The second-order valence-electron chi connectivity index (χ2n) is 7.63. The Morgan fingerprint density at radius 1 is 1.23 bits per heavy atom. The molecule has 166 valence electrons. The van der Waals surface area contributed by atoms with E-state index in [0.29, 0.717) is 34.5 Å². The third-order valence-corrected chi connectivity index (χ3v) is 7.11. The molecular weight excluding hydrogens is 432 g/mol. The number of amides is 1. The molecule has 0 radical (unpaired) electrons. The maximum absolute atomic E-state index is 13.1. The predicted molar refractivity (Wildman–Crippen MR) is 128 cm³/mol. The molecule has 0 aliphatic carbocycles. The van der Waals surface area contributed by atoms with Crippen LogP contribution in [0.1, 0.15) is 49.3 Å². The average molecular weight is 461 g/mol. The molecule has 1 aromatic rings. The van der Waals surface area contributed by atoms with Gasteiger partial charge in [0.25, 0.3) is 11.5 Å². The first-order chi connectivity index (χ1) is 14.9. The Bertz CT molecular complexity index is 1000. The Balaban J connectivity index is 2.18. The van der Waals surface area contributed by atoms with E-state index in [1.165, 1.54) is 16.7 Å². The molecule has 9 heteroatoms. The third-order valence-electron chi connectivity index (χ3n) is 5.74. The summed E-state index contributed by atoms with van der Waals surface area (Å²) >= 11 is 6.66. The van der Waals surface area contributed by atoms with Crippen LogP contribution in [0.2, 0.25) is 0 Å². The van der Waals surface area contributed by atoms with Crippen molar-refractivity contribution in [2.75, 3.05) is 38.3 Å². The van der Waals surface area contributed by atoms with Gasteiger partial charge in [-0.05, 0) is 38.3 Å². The standard InChI is InChI=1S/C22H28N4O3S2/c1-4-25-19(24-9-7-5-6-8-10-24)16(15(2)17(14-23)20(25)27)13-18-21(28)26(11-12-29-3)22(30)31-18/h13H,4-12H2,1-3H3/b18-13-. The molecule has 0 unspecified atom stereocenters. The number of nitrogens with zero attached hydrogens (tertiary/aromatic N) is 4. The number of methoxy groups -OCH3 is 1. The minimum Gasteiger partial charge on any atom is -0.383 e. The van der Waals surface area contributed by atoms with Gasteiger partial charge >= 0.3 is 0 Å². The highest BCUT2D eigenvalue weighted by atomic mass is 32.2. The highest BCUT2D eigenvalue weighted by molar-refractivity contribution is 8.26. The molecule has 0 saturated carbocycles. The lowest BCUT2D eigenvalue weighted by atomic mass is 10.0. The number of carbonyl (C=O) groups is 1. The zero-order valence-corrected chi connectivity index (χ0v) is 19.9. The van der Waals surface area contributed by atoms with Crippen molar-refractivity contribution in [1.29, 1.82) is 5.26 Å². The zero-order chi connectivity index (χ0) is 22.5. The molecule has 0 N–H and O–H groups in total. The van der Waals surface area contributed by atoms with Crippen molar-refractivity contribution in [3.63, 3.8) is 0 Å². The minimum atomic E-state index is -0.272. The summed E-state index contributed by atoms with van der Waals surface area (Å²) < 4.78 is 7.26. The molecule has 0 aromatic carbocycles. The smallest absolute Gasteiger partial charge is 0.270 e. The summed E-state index contributed by atoms with van der Waals surface area (Å²) in [6, 6.07) is 2.08. The van der Waals surface area contributed by atoms with Crippen molar-refractivity contribution in [1.82, 2.24) is 9.47 Å². The highest BCUT2D eigenvalue weighted by Crippen LogP contribution is 2.36. The van der Waals surface area contributed by atoms with Crippen LogP contribution in [-0.4, -0.2) is 53.0 Å². The van der Waals surface area contributed by atoms with Gasteiger partial charge in [0.05, 0.1) is 18.1 Å². The number of pyridine rings is 1. The molecule has 0 spiro atoms. The SMILES string of the molecule is CCn1c(N2CCCCCC2)c(/C=C2\SC(=S)N(CCOC)C2=O)c(C)c(C#N)c1=O. The number of thiocarbonyl (C=S) groups is 1. The van der Waals surface area contributed by atoms with E-state index in [0.717, 1.165) is 50.2 Å². The maximum atomic E-state index is 13.1. The lowest BCUT2D eigenvalue weighted by molar-refractivity contribution is -0.122. The van der Waals surface area contributed by atoms with Gasteiger partial charge < -0.3 is 9.64 Å². The topological polar surface area (TPSA) is 78.6 Å². The summed E-state index contributed by atoms with van der Waals surface area (Å²) in [5.41, 5.74) is 1.22. The molecule has 7 nitrogen and oxygen atoms in total. The molecule has 2 saturated heterocycles. The molecule has 3 heterocycles. The Labute approximate surface area is 192 Å². The van der Waals surface area contributed by atoms with Crippen LogP contribution in [0.4, 0.5) is 5.82 Å². The molecule has 2 aliphatic rings. The van der Waals surface area contributed by atoms with E-state index < -0.39 is 0 Å². The van der Waals surface area contributed by atoms with Crippen LogP contribution >= 0.6 is 24.0 Å². The third kappa shape index (κ3) is 4.71. The normalized spacial score (nSPS) is 18.6. The summed E-state index contributed by atoms with van der Waals surface area (Å²) in [6.45, 7) is 6.65. The molecule has 0 bridgehead atoms. The summed E-state index contributed by atoms with van der Waals surface area (Å²) in [5, 5.41) is 9.67. The molecule has 1 aromatic heterocycles. The molecule has 3 rings (SSSR count). The lowest BCUT2D eigenvalue weighted by Gasteiger charge is -2.29. The van der Waals surface area contributed by atoms with E-state index in [-0.39, 0.29) is 17.0 Å². The van der Waals surface area contributed by atoms with Gasteiger partial charge in [-0.1, -0.05) is 36.8 Å². The summed E-state index contributed by atoms with van der Waals surface area (Å²) in [7, 11) is 1.59. The number of anilines is 1. The van der Waals surface area contributed by atoms with Crippen molar-refractivity contribution in [3.8, 4) is 6.07 Å². The van der Waals surface area contributed by atoms with Gasteiger partial charge in [0.2, 0.25) is 0 Å². The fourth-order valence-electron chi connectivity index (χ4n) is 4.07. The van der Waals surface area contributed by atoms with Crippen molar-refractivity contribution >= 4 is 46.1 Å². The first-order valence-electron chi connectivity index (χ1n) is 10.6. The highest BCUT2D eigenvalue weighted by Gasteiger charge is 2.33. The number of rotatable bonds is 6. The van der Waals surface area contributed by atoms with Crippen molar-refractivity contribution in [2.45, 2.75) is 46.1 Å². The van der Waals surface area contributed by atoms with E-state index in [9.17, 15) is 14.9 Å².